The van der Waals surface area contributed by atoms with Crippen LogP contribution in [0.3, 0.4) is 0 Å². The summed E-state index contributed by atoms with van der Waals surface area (Å²) in [4.78, 5) is 0. The zero-order valence-corrected chi connectivity index (χ0v) is 10.2. The van der Waals surface area contributed by atoms with Crippen LogP contribution in [0.15, 0.2) is 18.2 Å². The van der Waals surface area contributed by atoms with Crippen LogP contribution >= 0.6 is 0 Å². The van der Waals surface area contributed by atoms with E-state index >= 15 is 0 Å². The number of aryl methyl sites for hydroxylation is 1. The van der Waals surface area contributed by atoms with Gasteiger partial charge in [-0.25, -0.2) is 8.78 Å². The van der Waals surface area contributed by atoms with E-state index in [4.69, 9.17) is 0 Å². The number of hydrogen-bond donors (Lipinski definition) is 1. The van der Waals surface area contributed by atoms with Gasteiger partial charge >= 0.3 is 0 Å². The molecule has 1 nitrogen and oxygen atoms in total. The molecule has 1 aliphatic heterocycles. The SMILES string of the molecule is Cc1cc(F)ccc1CC1(F)CCCNCC1. The quantitative estimate of drug-likeness (QED) is 0.836. The van der Waals surface area contributed by atoms with Gasteiger partial charge < -0.3 is 5.32 Å². The van der Waals surface area contributed by atoms with Crippen molar-refractivity contribution < 1.29 is 8.78 Å². The molecule has 1 atom stereocenters. The Morgan fingerprint density at radius 3 is 2.88 bits per heavy atom. The molecule has 0 saturated carbocycles. The van der Waals surface area contributed by atoms with Gasteiger partial charge in [-0.15, -0.1) is 0 Å². The highest BCUT2D eigenvalue weighted by atomic mass is 19.1. The fraction of sp³-hybridized carbons (Fsp3) is 0.571. The molecular weight excluding hydrogens is 220 g/mol. The third kappa shape index (κ3) is 3.25. The largest absolute Gasteiger partial charge is 0.317 e. The highest BCUT2D eigenvalue weighted by Gasteiger charge is 2.31. The molecule has 0 aromatic heterocycles. The van der Waals surface area contributed by atoms with Gasteiger partial charge in [-0.3, -0.25) is 0 Å². The molecule has 3 heteroatoms. The predicted molar refractivity (Wildman–Crippen MR) is 65.4 cm³/mol. The van der Waals surface area contributed by atoms with Gasteiger partial charge in [-0.05, 0) is 62.5 Å². The smallest absolute Gasteiger partial charge is 0.123 e. The molecule has 1 aromatic rings. The number of benzene rings is 1. The third-order valence-electron chi connectivity index (χ3n) is 3.54. The van der Waals surface area contributed by atoms with Gasteiger partial charge in [0.1, 0.15) is 11.5 Å². The molecule has 2 rings (SSSR count). The number of rotatable bonds is 2. The molecule has 1 fully saturated rings. The van der Waals surface area contributed by atoms with Crippen LogP contribution in [0, 0.1) is 12.7 Å². The second kappa shape index (κ2) is 5.13. The molecule has 0 aliphatic carbocycles. The normalized spacial score (nSPS) is 25.6. The Balaban J connectivity index is 2.12. The molecule has 1 aromatic carbocycles. The zero-order chi connectivity index (χ0) is 12.3. The van der Waals surface area contributed by atoms with Gasteiger partial charge in [0.25, 0.3) is 0 Å². The molecule has 94 valence electrons. The van der Waals surface area contributed by atoms with Crippen LogP contribution in [0.4, 0.5) is 8.78 Å². The highest BCUT2D eigenvalue weighted by molar-refractivity contribution is 5.28. The molecule has 17 heavy (non-hydrogen) atoms. The standard InChI is InChI=1S/C14H19F2N/c1-11-9-13(15)4-3-12(11)10-14(16)5-2-7-17-8-6-14/h3-4,9,17H,2,5-8,10H2,1H3. The van der Waals surface area contributed by atoms with Crippen molar-refractivity contribution in [2.45, 2.75) is 38.3 Å². The maximum atomic E-state index is 14.7. The van der Waals surface area contributed by atoms with Crippen LogP contribution in [0.25, 0.3) is 0 Å². The van der Waals surface area contributed by atoms with Crippen molar-refractivity contribution in [2.24, 2.45) is 0 Å². The Labute approximate surface area is 101 Å². The Morgan fingerprint density at radius 2 is 2.12 bits per heavy atom. The van der Waals surface area contributed by atoms with E-state index in [1.54, 1.807) is 6.07 Å². The van der Waals surface area contributed by atoms with Crippen molar-refractivity contribution in [3.63, 3.8) is 0 Å². The van der Waals surface area contributed by atoms with Crippen LogP contribution in [0.1, 0.15) is 30.4 Å². The van der Waals surface area contributed by atoms with E-state index in [0.29, 0.717) is 19.3 Å². The lowest BCUT2D eigenvalue weighted by Gasteiger charge is -2.24. The molecule has 0 amide bonds. The predicted octanol–water partition coefficient (Wildman–Crippen LogP) is 3.16. The molecule has 1 heterocycles. The topological polar surface area (TPSA) is 12.0 Å². The average molecular weight is 239 g/mol. The Kier molecular flexibility index (Phi) is 3.77. The van der Waals surface area contributed by atoms with E-state index in [0.717, 1.165) is 30.6 Å². The molecule has 0 radical (unpaired) electrons. The van der Waals surface area contributed by atoms with E-state index in [1.165, 1.54) is 12.1 Å². The highest BCUT2D eigenvalue weighted by Crippen LogP contribution is 2.29. The van der Waals surface area contributed by atoms with Crippen molar-refractivity contribution in [2.75, 3.05) is 13.1 Å². The number of halogens is 2. The van der Waals surface area contributed by atoms with E-state index in [1.807, 2.05) is 6.92 Å². The molecular formula is C14H19F2N. The van der Waals surface area contributed by atoms with Crippen molar-refractivity contribution in [3.8, 4) is 0 Å². The van der Waals surface area contributed by atoms with Gasteiger partial charge in [0.05, 0.1) is 0 Å². The minimum absolute atomic E-state index is 0.248. The van der Waals surface area contributed by atoms with Gasteiger partial charge in [-0.2, -0.15) is 0 Å². The maximum Gasteiger partial charge on any atom is 0.123 e. The summed E-state index contributed by atoms with van der Waals surface area (Å²) in [7, 11) is 0. The number of alkyl halides is 1. The van der Waals surface area contributed by atoms with Gasteiger partial charge in [0, 0.05) is 6.42 Å². The first-order valence-electron chi connectivity index (χ1n) is 6.24. The van der Waals surface area contributed by atoms with Gasteiger partial charge in [-0.1, -0.05) is 6.07 Å². The Morgan fingerprint density at radius 1 is 1.29 bits per heavy atom. The van der Waals surface area contributed by atoms with Gasteiger partial charge in [0.15, 0.2) is 0 Å². The van der Waals surface area contributed by atoms with Gasteiger partial charge in [0.2, 0.25) is 0 Å². The molecule has 0 bridgehead atoms. The second-order valence-electron chi connectivity index (χ2n) is 5.00. The van der Waals surface area contributed by atoms with E-state index < -0.39 is 5.67 Å². The summed E-state index contributed by atoms with van der Waals surface area (Å²) >= 11 is 0. The maximum absolute atomic E-state index is 14.7. The van der Waals surface area contributed by atoms with Crippen molar-refractivity contribution in [1.29, 1.82) is 0 Å². The molecule has 1 N–H and O–H groups in total. The third-order valence-corrected chi connectivity index (χ3v) is 3.54. The summed E-state index contributed by atoms with van der Waals surface area (Å²) in [6.45, 7) is 3.47. The minimum Gasteiger partial charge on any atom is -0.317 e. The van der Waals surface area contributed by atoms with Crippen molar-refractivity contribution in [1.82, 2.24) is 5.32 Å². The van der Waals surface area contributed by atoms with Crippen LogP contribution in [0.2, 0.25) is 0 Å². The summed E-state index contributed by atoms with van der Waals surface area (Å²) in [6, 6.07) is 4.61. The lowest BCUT2D eigenvalue weighted by Crippen LogP contribution is -2.27. The van der Waals surface area contributed by atoms with Crippen molar-refractivity contribution in [3.05, 3.63) is 35.1 Å². The first-order chi connectivity index (χ1) is 8.09. The lowest BCUT2D eigenvalue weighted by molar-refractivity contribution is 0.144. The summed E-state index contributed by atoms with van der Waals surface area (Å²) in [5.41, 5.74) is 0.640. The molecule has 1 unspecified atom stereocenters. The molecule has 0 spiro atoms. The number of hydrogen-bond acceptors (Lipinski definition) is 1. The Bertz CT molecular complexity index is 382. The first kappa shape index (κ1) is 12.5. The van der Waals surface area contributed by atoms with Crippen molar-refractivity contribution >= 4 is 0 Å². The average Bonchev–Trinajstić information content (AvgIpc) is 2.48. The second-order valence-corrected chi connectivity index (χ2v) is 5.00. The Hall–Kier alpha value is -0.960. The van der Waals surface area contributed by atoms with E-state index in [9.17, 15) is 8.78 Å². The van der Waals surface area contributed by atoms with Crippen LogP contribution in [0.5, 0.6) is 0 Å². The van der Waals surface area contributed by atoms with E-state index in [-0.39, 0.29) is 5.82 Å². The summed E-state index contributed by atoms with van der Waals surface area (Å²) in [6.07, 6.45) is 2.41. The fourth-order valence-electron chi connectivity index (χ4n) is 2.47. The number of nitrogens with one attached hydrogen (secondary N) is 1. The van der Waals surface area contributed by atoms with Crippen LogP contribution < -0.4 is 5.32 Å². The zero-order valence-electron chi connectivity index (χ0n) is 10.2. The van der Waals surface area contributed by atoms with Crippen LogP contribution in [-0.2, 0) is 6.42 Å². The summed E-state index contributed by atoms with van der Waals surface area (Å²) in [5.74, 6) is -0.248. The minimum atomic E-state index is -1.13. The molecule has 1 aliphatic rings. The van der Waals surface area contributed by atoms with Crippen LogP contribution in [-0.4, -0.2) is 18.8 Å². The van der Waals surface area contributed by atoms with E-state index in [2.05, 4.69) is 5.32 Å². The molecule has 1 saturated heterocycles. The summed E-state index contributed by atoms with van der Waals surface area (Å²) < 4.78 is 27.6. The first-order valence-corrected chi connectivity index (χ1v) is 6.24. The lowest BCUT2D eigenvalue weighted by atomic mass is 9.88. The summed E-state index contributed by atoms with van der Waals surface area (Å²) in [5, 5.41) is 3.21. The monoisotopic (exact) mass is 239 g/mol. The fourth-order valence-corrected chi connectivity index (χ4v) is 2.47.